The van der Waals surface area contributed by atoms with E-state index in [4.69, 9.17) is 13.9 Å². The van der Waals surface area contributed by atoms with E-state index in [9.17, 15) is 4.79 Å². The van der Waals surface area contributed by atoms with Crippen LogP contribution in [0, 0.1) is 6.92 Å². The maximum Gasteiger partial charge on any atom is 0.254 e. The molecule has 2 saturated heterocycles. The average molecular weight is 418 g/mol. The number of aryl methyl sites for hydroxylation is 1. The van der Waals surface area contributed by atoms with Gasteiger partial charge in [0.05, 0.1) is 36.6 Å². The summed E-state index contributed by atoms with van der Waals surface area (Å²) in [7, 11) is 0. The second-order valence-electron chi connectivity index (χ2n) is 8.16. The van der Waals surface area contributed by atoms with E-state index in [1.54, 1.807) is 24.0 Å². The first kappa shape index (κ1) is 18.5. The van der Waals surface area contributed by atoms with Crippen LogP contribution in [-0.4, -0.2) is 63.9 Å². The number of hydrogen-bond acceptors (Lipinski definition) is 6. The van der Waals surface area contributed by atoms with Crippen LogP contribution in [-0.2, 0) is 9.47 Å². The number of carbonyl (C=O) groups is 1. The molecule has 31 heavy (non-hydrogen) atoms. The van der Waals surface area contributed by atoms with E-state index >= 15 is 0 Å². The Bertz CT molecular complexity index is 1260. The second kappa shape index (κ2) is 7.18. The minimum absolute atomic E-state index is 0.0478. The van der Waals surface area contributed by atoms with Crippen molar-refractivity contribution in [3.63, 3.8) is 0 Å². The molecule has 4 heterocycles. The topological polar surface area (TPSA) is 82.6 Å². The van der Waals surface area contributed by atoms with Gasteiger partial charge in [0.2, 0.25) is 0 Å². The molecule has 0 saturated carbocycles. The zero-order chi connectivity index (χ0) is 20.9. The third-order valence-corrected chi connectivity index (χ3v) is 6.12. The molecule has 2 aliphatic rings. The monoisotopic (exact) mass is 418 g/mol. The lowest BCUT2D eigenvalue weighted by Gasteiger charge is -2.20. The van der Waals surface area contributed by atoms with Crippen molar-refractivity contribution in [2.75, 3.05) is 26.3 Å². The Balaban J connectivity index is 1.16. The SMILES string of the molecule is Cc1nc2ccc(C(=O)N3C[C@@H]4OCC(n5cnc6ccccc65)CO[C@H]4C3)cc2o1. The van der Waals surface area contributed by atoms with Crippen molar-refractivity contribution in [1.29, 1.82) is 0 Å². The van der Waals surface area contributed by atoms with Crippen LogP contribution in [0.4, 0.5) is 0 Å². The third kappa shape index (κ3) is 3.19. The van der Waals surface area contributed by atoms with Gasteiger partial charge in [-0.2, -0.15) is 0 Å². The number of amides is 1. The summed E-state index contributed by atoms with van der Waals surface area (Å²) in [6, 6.07) is 13.5. The number of ether oxygens (including phenoxy) is 2. The summed E-state index contributed by atoms with van der Waals surface area (Å²) in [4.78, 5) is 23.6. The van der Waals surface area contributed by atoms with Gasteiger partial charge in [0.1, 0.15) is 17.7 Å². The predicted octanol–water partition coefficient (Wildman–Crippen LogP) is 2.97. The first-order chi connectivity index (χ1) is 15.2. The van der Waals surface area contributed by atoms with Crippen molar-refractivity contribution in [2.45, 2.75) is 25.2 Å². The van der Waals surface area contributed by atoms with Crippen LogP contribution >= 0.6 is 0 Å². The summed E-state index contributed by atoms with van der Waals surface area (Å²) < 4.78 is 20.1. The molecule has 1 amide bonds. The molecular formula is C23H22N4O4. The Morgan fingerprint density at radius 3 is 2.61 bits per heavy atom. The molecule has 0 unspecified atom stereocenters. The van der Waals surface area contributed by atoms with Crippen molar-refractivity contribution in [3.8, 4) is 0 Å². The number of para-hydroxylation sites is 2. The number of rotatable bonds is 2. The number of benzene rings is 2. The molecular weight excluding hydrogens is 396 g/mol. The first-order valence-electron chi connectivity index (χ1n) is 10.5. The number of hydrogen-bond donors (Lipinski definition) is 0. The molecule has 4 aromatic rings. The van der Waals surface area contributed by atoms with Gasteiger partial charge in [-0.05, 0) is 30.3 Å². The minimum Gasteiger partial charge on any atom is -0.441 e. The van der Waals surface area contributed by atoms with Crippen molar-refractivity contribution in [2.24, 2.45) is 0 Å². The second-order valence-corrected chi connectivity index (χ2v) is 8.16. The quantitative estimate of drug-likeness (QED) is 0.498. The fraction of sp³-hybridized carbons (Fsp3) is 0.348. The number of nitrogens with zero attached hydrogens (tertiary/aromatic N) is 4. The number of carbonyl (C=O) groups excluding carboxylic acids is 1. The van der Waals surface area contributed by atoms with E-state index in [0.717, 1.165) is 16.6 Å². The summed E-state index contributed by atoms with van der Waals surface area (Å²) in [5, 5.41) is 0. The number of imidazole rings is 1. The van der Waals surface area contributed by atoms with Gasteiger partial charge in [0.15, 0.2) is 11.5 Å². The van der Waals surface area contributed by atoms with Gasteiger partial charge in [-0.25, -0.2) is 9.97 Å². The van der Waals surface area contributed by atoms with Crippen molar-refractivity contribution in [1.82, 2.24) is 19.4 Å². The molecule has 2 fully saturated rings. The molecule has 2 aromatic heterocycles. The van der Waals surface area contributed by atoms with Crippen molar-refractivity contribution in [3.05, 3.63) is 60.2 Å². The zero-order valence-corrected chi connectivity index (χ0v) is 17.1. The Labute approximate surface area is 178 Å². The van der Waals surface area contributed by atoms with Gasteiger partial charge in [-0.15, -0.1) is 0 Å². The Kier molecular flexibility index (Phi) is 4.29. The molecule has 0 aliphatic carbocycles. The van der Waals surface area contributed by atoms with Gasteiger partial charge in [0.25, 0.3) is 5.91 Å². The van der Waals surface area contributed by atoms with Gasteiger partial charge in [-0.1, -0.05) is 12.1 Å². The molecule has 0 N–H and O–H groups in total. The van der Waals surface area contributed by atoms with Crippen LogP contribution in [0.5, 0.6) is 0 Å². The summed E-state index contributed by atoms with van der Waals surface area (Å²) >= 11 is 0. The van der Waals surface area contributed by atoms with Gasteiger partial charge in [0, 0.05) is 25.6 Å². The molecule has 8 heteroatoms. The summed E-state index contributed by atoms with van der Waals surface area (Å²) in [5.74, 6) is 0.540. The van der Waals surface area contributed by atoms with Crippen LogP contribution in [0.1, 0.15) is 22.3 Å². The van der Waals surface area contributed by atoms with Crippen molar-refractivity contribution < 1.29 is 18.7 Å². The van der Waals surface area contributed by atoms with Crippen LogP contribution < -0.4 is 0 Å². The Morgan fingerprint density at radius 1 is 1.03 bits per heavy atom. The highest BCUT2D eigenvalue weighted by atomic mass is 16.6. The molecule has 158 valence electrons. The first-order valence-corrected chi connectivity index (χ1v) is 10.5. The molecule has 0 bridgehead atoms. The number of oxazole rings is 1. The van der Waals surface area contributed by atoms with E-state index in [0.29, 0.717) is 43.3 Å². The molecule has 6 rings (SSSR count). The molecule has 0 spiro atoms. The average Bonchev–Trinajstić information content (AvgIpc) is 3.46. The summed E-state index contributed by atoms with van der Waals surface area (Å²) in [6.45, 7) is 3.85. The molecule has 2 aromatic carbocycles. The number of aromatic nitrogens is 3. The van der Waals surface area contributed by atoms with Crippen LogP contribution in [0.3, 0.4) is 0 Å². The summed E-state index contributed by atoms with van der Waals surface area (Å²) in [5.41, 5.74) is 4.00. The number of fused-ring (bicyclic) bond motifs is 3. The predicted molar refractivity (Wildman–Crippen MR) is 113 cm³/mol. The van der Waals surface area contributed by atoms with Gasteiger partial charge < -0.3 is 23.4 Å². The highest BCUT2D eigenvalue weighted by Gasteiger charge is 2.40. The summed E-state index contributed by atoms with van der Waals surface area (Å²) in [6.07, 6.45) is 1.57. The highest BCUT2D eigenvalue weighted by molar-refractivity contribution is 5.97. The molecule has 2 atom stereocenters. The maximum atomic E-state index is 13.1. The Hall–Kier alpha value is -3.23. The van der Waals surface area contributed by atoms with Crippen LogP contribution in [0.2, 0.25) is 0 Å². The standard InChI is InChI=1S/C23H22N4O4/c1-14-25-18-7-6-15(8-20(18)31-14)23(28)26-9-21-22(10-26)30-12-16(11-29-21)27-13-24-17-4-2-3-5-19(17)27/h2-8,13,16,21-22H,9-12H2,1H3/t21-,22-/m0/s1. The highest BCUT2D eigenvalue weighted by Crippen LogP contribution is 2.27. The van der Waals surface area contributed by atoms with Gasteiger partial charge >= 0.3 is 0 Å². The van der Waals surface area contributed by atoms with E-state index in [2.05, 4.69) is 20.6 Å². The largest absolute Gasteiger partial charge is 0.441 e. The van der Waals surface area contributed by atoms with Gasteiger partial charge in [-0.3, -0.25) is 4.79 Å². The normalized spacial score (nSPS) is 22.2. The third-order valence-electron chi connectivity index (χ3n) is 6.12. The Morgan fingerprint density at radius 2 is 1.81 bits per heavy atom. The molecule has 8 nitrogen and oxygen atoms in total. The smallest absolute Gasteiger partial charge is 0.254 e. The zero-order valence-electron chi connectivity index (χ0n) is 17.1. The molecule has 2 aliphatic heterocycles. The lowest BCUT2D eigenvalue weighted by Crippen LogP contribution is -2.31. The van der Waals surface area contributed by atoms with Crippen LogP contribution in [0.25, 0.3) is 22.1 Å². The van der Waals surface area contributed by atoms with E-state index in [1.165, 1.54) is 0 Å². The fourth-order valence-electron chi connectivity index (χ4n) is 4.53. The van der Waals surface area contributed by atoms with E-state index in [-0.39, 0.29) is 24.2 Å². The fourth-order valence-corrected chi connectivity index (χ4v) is 4.53. The van der Waals surface area contributed by atoms with Crippen LogP contribution in [0.15, 0.2) is 53.2 Å². The van der Waals surface area contributed by atoms with E-state index in [1.807, 2.05) is 30.6 Å². The van der Waals surface area contributed by atoms with Crippen molar-refractivity contribution >= 4 is 28.0 Å². The van der Waals surface area contributed by atoms with E-state index < -0.39 is 0 Å². The molecule has 0 radical (unpaired) electrons. The maximum absolute atomic E-state index is 13.1. The lowest BCUT2D eigenvalue weighted by molar-refractivity contribution is -0.00461. The number of likely N-dealkylation sites (tertiary alicyclic amines) is 1. The minimum atomic E-state index is -0.139. The lowest BCUT2D eigenvalue weighted by atomic mass is 10.2.